The smallest absolute Gasteiger partial charge is 0.355 e. The quantitative estimate of drug-likeness (QED) is 0.297. The van der Waals surface area contributed by atoms with E-state index in [-0.39, 0.29) is 33.4 Å². The highest BCUT2D eigenvalue weighted by atomic mass is 35.5. The maximum atomic E-state index is 13.1. The summed E-state index contributed by atoms with van der Waals surface area (Å²) in [4.78, 5) is 26.6. The summed E-state index contributed by atoms with van der Waals surface area (Å²) in [6.45, 7) is 0. The molecule has 0 spiro atoms. The van der Waals surface area contributed by atoms with Gasteiger partial charge in [-0.2, -0.15) is 0 Å². The van der Waals surface area contributed by atoms with Gasteiger partial charge in [0.1, 0.15) is 5.82 Å². The van der Waals surface area contributed by atoms with E-state index in [2.05, 4.69) is 29.9 Å². The second-order valence-corrected chi connectivity index (χ2v) is 9.51. The van der Waals surface area contributed by atoms with Crippen molar-refractivity contribution in [3.8, 4) is 11.4 Å². The Balaban J connectivity index is 1.41. The van der Waals surface area contributed by atoms with Crippen LogP contribution in [0, 0.1) is 5.82 Å². The number of benzene rings is 3. The van der Waals surface area contributed by atoms with Crippen LogP contribution in [0.5, 0.6) is 0 Å². The van der Waals surface area contributed by atoms with E-state index in [1.165, 1.54) is 36.4 Å². The number of aromatic nitrogens is 3. The van der Waals surface area contributed by atoms with Crippen molar-refractivity contribution in [2.45, 2.75) is 4.90 Å². The molecule has 0 bridgehead atoms. The van der Waals surface area contributed by atoms with Crippen molar-refractivity contribution in [2.75, 3.05) is 10.0 Å². The number of sulfonamides is 1. The van der Waals surface area contributed by atoms with Crippen molar-refractivity contribution >= 4 is 49.9 Å². The molecule has 0 fully saturated rings. The number of hydrogen-bond acceptors (Lipinski definition) is 8. The molecule has 2 aromatic heterocycles. The van der Waals surface area contributed by atoms with Crippen molar-refractivity contribution in [1.29, 1.82) is 0 Å². The normalized spacial score (nSPS) is 11.5. The highest BCUT2D eigenvalue weighted by molar-refractivity contribution is 7.92. The van der Waals surface area contributed by atoms with Crippen LogP contribution in [0.2, 0.25) is 5.02 Å². The minimum absolute atomic E-state index is 0.0564. The number of H-pyrrole nitrogens is 1. The first-order valence-electron chi connectivity index (χ1n) is 10.0. The van der Waals surface area contributed by atoms with Crippen molar-refractivity contribution in [3.05, 3.63) is 87.7 Å². The Morgan fingerprint density at radius 3 is 2.50 bits per heavy atom. The van der Waals surface area contributed by atoms with E-state index in [9.17, 15) is 22.4 Å². The van der Waals surface area contributed by atoms with Gasteiger partial charge >= 0.3 is 5.76 Å². The average molecular weight is 530 g/mol. The number of nitrogens with zero attached hydrogens (tertiary/aromatic N) is 2. The number of nitrogens with one attached hydrogen (secondary N) is 3. The average Bonchev–Trinajstić information content (AvgIpc) is 3.46. The Labute approximate surface area is 205 Å². The predicted octanol–water partition coefficient (Wildman–Crippen LogP) is 4.02. The maximum absolute atomic E-state index is 13.1. The van der Waals surface area contributed by atoms with E-state index in [1.54, 1.807) is 0 Å². The number of hydrogen-bond donors (Lipinski definition) is 3. The summed E-state index contributed by atoms with van der Waals surface area (Å²) in [5, 5.41) is 10.7. The molecule has 0 saturated heterocycles. The summed E-state index contributed by atoms with van der Waals surface area (Å²) < 4.78 is 50.3. The molecule has 182 valence electrons. The third-order valence-electron chi connectivity index (χ3n) is 4.99. The molecule has 0 radical (unpaired) electrons. The van der Waals surface area contributed by atoms with Gasteiger partial charge in [-0.25, -0.2) is 17.6 Å². The maximum Gasteiger partial charge on any atom is 0.439 e. The zero-order valence-corrected chi connectivity index (χ0v) is 19.4. The molecule has 2 heterocycles. The van der Waals surface area contributed by atoms with Crippen molar-refractivity contribution < 1.29 is 26.6 Å². The van der Waals surface area contributed by atoms with Crippen LogP contribution in [0.4, 0.5) is 15.8 Å². The first kappa shape index (κ1) is 23.3. The van der Waals surface area contributed by atoms with E-state index >= 15 is 0 Å². The summed E-state index contributed by atoms with van der Waals surface area (Å²) in [7, 11) is -3.99. The number of fused-ring (bicyclic) bond motifs is 1. The lowest BCUT2D eigenvalue weighted by atomic mass is 10.1. The lowest BCUT2D eigenvalue weighted by Crippen LogP contribution is -2.14. The van der Waals surface area contributed by atoms with Crippen molar-refractivity contribution in [3.63, 3.8) is 0 Å². The van der Waals surface area contributed by atoms with Crippen molar-refractivity contribution in [1.82, 2.24) is 15.3 Å². The van der Waals surface area contributed by atoms with Crippen LogP contribution in [0.1, 0.15) is 10.5 Å². The zero-order valence-electron chi connectivity index (χ0n) is 17.8. The number of amides is 1. The van der Waals surface area contributed by atoms with Crippen LogP contribution in [-0.4, -0.2) is 29.6 Å². The van der Waals surface area contributed by atoms with Gasteiger partial charge in [0.15, 0.2) is 17.1 Å². The van der Waals surface area contributed by atoms with Crippen LogP contribution >= 0.6 is 11.6 Å². The van der Waals surface area contributed by atoms with Crippen molar-refractivity contribution in [2.24, 2.45) is 0 Å². The number of rotatable bonds is 6. The monoisotopic (exact) mass is 529 g/mol. The molecule has 36 heavy (non-hydrogen) atoms. The first-order chi connectivity index (χ1) is 17.2. The number of carbonyl (C=O) groups is 1. The topological polar surface area (TPSA) is 160 Å². The largest absolute Gasteiger partial charge is 0.439 e. The SMILES string of the molecule is O=C(Nc1ccc(Cl)cc1-c1noc(=O)[nH]1)c1noc2cc(NS(=O)(=O)c3ccc(F)cc3)ccc12. The fourth-order valence-corrected chi connectivity index (χ4v) is 4.56. The Kier molecular flexibility index (Phi) is 5.78. The van der Waals surface area contributed by atoms with E-state index in [1.807, 2.05) is 0 Å². The molecular formula is C22H13ClFN5O6S. The number of anilines is 2. The van der Waals surface area contributed by atoms with Gasteiger partial charge in [0.05, 0.1) is 21.7 Å². The van der Waals surface area contributed by atoms with Gasteiger partial charge in [-0.15, -0.1) is 0 Å². The Hall–Kier alpha value is -4.49. The van der Waals surface area contributed by atoms with Gasteiger partial charge in [0, 0.05) is 16.7 Å². The molecule has 0 saturated carbocycles. The molecule has 3 aromatic carbocycles. The summed E-state index contributed by atoms with van der Waals surface area (Å²) in [6.07, 6.45) is 0. The Bertz CT molecular complexity index is 1780. The third-order valence-corrected chi connectivity index (χ3v) is 6.62. The zero-order chi connectivity index (χ0) is 25.4. The number of carbonyl (C=O) groups excluding carboxylic acids is 1. The fraction of sp³-hybridized carbons (Fsp3) is 0. The lowest BCUT2D eigenvalue weighted by molar-refractivity contribution is 0.102. The van der Waals surface area contributed by atoms with Gasteiger partial charge in [-0.3, -0.25) is 19.0 Å². The van der Waals surface area contributed by atoms with Crippen LogP contribution in [0.25, 0.3) is 22.4 Å². The molecule has 0 atom stereocenters. The molecule has 5 aromatic rings. The van der Waals surface area contributed by atoms with Crippen LogP contribution in [0.3, 0.4) is 0 Å². The van der Waals surface area contributed by atoms with Gasteiger partial charge in [-0.1, -0.05) is 21.9 Å². The van der Waals surface area contributed by atoms with Gasteiger partial charge in [0.2, 0.25) is 0 Å². The summed E-state index contributed by atoms with van der Waals surface area (Å²) in [5.41, 5.74) is 0.759. The van der Waals surface area contributed by atoms with Crippen LogP contribution in [0.15, 0.2) is 79.4 Å². The highest BCUT2D eigenvalue weighted by Crippen LogP contribution is 2.30. The summed E-state index contributed by atoms with van der Waals surface area (Å²) >= 11 is 6.04. The van der Waals surface area contributed by atoms with E-state index < -0.39 is 27.5 Å². The number of halogens is 2. The fourth-order valence-electron chi connectivity index (χ4n) is 3.34. The Morgan fingerprint density at radius 1 is 1.00 bits per heavy atom. The van der Waals surface area contributed by atoms with Crippen LogP contribution < -0.4 is 15.8 Å². The van der Waals surface area contributed by atoms with E-state index in [0.29, 0.717) is 16.0 Å². The molecular weight excluding hydrogens is 517 g/mol. The van der Waals surface area contributed by atoms with E-state index in [0.717, 1.165) is 24.3 Å². The van der Waals surface area contributed by atoms with Gasteiger partial charge < -0.3 is 9.84 Å². The molecule has 1 amide bonds. The summed E-state index contributed by atoms with van der Waals surface area (Å²) in [5.74, 6) is -1.94. The molecule has 0 aliphatic rings. The van der Waals surface area contributed by atoms with Gasteiger partial charge in [-0.05, 0) is 54.6 Å². The molecule has 3 N–H and O–H groups in total. The minimum Gasteiger partial charge on any atom is -0.355 e. The first-order valence-corrected chi connectivity index (χ1v) is 11.9. The molecule has 14 heteroatoms. The minimum atomic E-state index is -3.99. The highest BCUT2D eigenvalue weighted by Gasteiger charge is 2.21. The second kappa shape index (κ2) is 8.94. The molecule has 0 aliphatic heterocycles. The molecule has 0 aliphatic carbocycles. The Morgan fingerprint density at radius 2 is 1.78 bits per heavy atom. The van der Waals surface area contributed by atoms with E-state index in [4.69, 9.17) is 16.1 Å². The number of aromatic amines is 1. The standard InChI is InChI=1S/C22H13ClFN5O6S/c23-11-1-8-17(16(9-11)20-26-22(31)35-28-20)25-21(30)19-15-7-4-13(10-18(15)34-27-19)29-36(32,33)14-5-2-12(24)3-6-14/h1-10,29H,(H,25,30)(H,26,28,31). The predicted molar refractivity (Wildman–Crippen MR) is 127 cm³/mol. The second-order valence-electron chi connectivity index (χ2n) is 7.39. The molecule has 11 nitrogen and oxygen atoms in total. The lowest BCUT2D eigenvalue weighted by Gasteiger charge is -2.09. The van der Waals surface area contributed by atoms with Gasteiger partial charge in [0.25, 0.3) is 15.9 Å². The molecule has 5 rings (SSSR count). The third kappa shape index (κ3) is 4.56. The van der Waals surface area contributed by atoms with Crippen LogP contribution in [-0.2, 0) is 10.0 Å². The molecule has 0 unspecified atom stereocenters. The summed E-state index contributed by atoms with van der Waals surface area (Å²) in [6, 6.07) is 13.1.